The van der Waals surface area contributed by atoms with E-state index in [1.165, 1.54) is 0 Å². The summed E-state index contributed by atoms with van der Waals surface area (Å²) in [5.74, 6) is -0.239. The van der Waals surface area contributed by atoms with Gasteiger partial charge in [0, 0.05) is 0 Å². The summed E-state index contributed by atoms with van der Waals surface area (Å²) in [5.41, 5.74) is 8.73. The molecule has 1 atom stereocenters. The van der Waals surface area contributed by atoms with Crippen LogP contribution in [0.4, 0.5) is 0 Å². The molecule has 3 rings (SSSR count). The molecule has 3 aromatic rings. The molecule has 138 valence electrons. The van der Waals surface area contributed by atoms with Gasteiger partial charge in [0.05, 0.1) is 5.56 Å². The van der Waals surface area contributed by atoms with E-state index in [9.17, 15) is 4.79 Å². The van der Waals surface area contributed by atoms with E-state index in [2.05, 4.69) is 5.11 Å². The summed E-state index contributed by atoms with van der Waals surface area (Å²) >= 11 is 0. The fourth-order valence-corrected chi connectivity index (χ4v) is 2.68. The molecule has 0 heterocycles. The molecule has 0 bridgehead atoms. The highest BCUT2D eigenvalue weighted by atomic mass is 16.5. The number of ether oxygens (including phenoxy) is 1. The van der Waals surface area contributed by atoms with Crippen LogP contribution in [0.1, 0.15) is 33.1 Å². The van der Waals surface area contributed by atoms with Gasteiger partial charge < -0.3 is 16.0 Å². The van der Waals surface area contributed by atoms with Crippen molar-refractivity contribution in [3.8, 4) is 5.75 Å². The third kappa shape index (κ3) is 4.99. The van der Waals surface area contributed by atoms with Gasteiger partial charge in [-0.1, -0.05) is 54.6 Å². The highest BCUT2D eigenvalue weighted by Gasteiger charge is 2.15. The Labute approximate surface area is 157 Å². The zero-order valence-corrected chi connectivity index (χ0v) is 14.7. The highest BCUT2D eigenvalue weighted by Crippen LogP contribution is 2.27. The maximum absolute atomic E-state index is 10.9. The van der Waals surface area contributed by atoms with Gasteiger partial charge in [-0.3, -0.25) is 0 Å². The van der Waals surface area contributed by atoms with Crippen molar-refractivity contribution in [2.45, 2.75) is 12.6 Å². The van der Waals surface area contributed by atoms with Crippen molar-refractivity contribution in [3.63, 3.8) is 0 Å². The predicted octanol–water partition coefficient (Wildman–Crippen LogP) is 3.98. The van der Waals surface area contributed by atoms with Crippen molar-refractivity contribution < 1.29 is 20.2 Å². The van der Waals surface area contributed by atoms with E-state index in [1.807, 2.05) is 54.6 Å². The quantitative estimate of drug-likeness (QED) is 0.618. The van der Waals surface area contributed by atoms with Crippen LogP contribution in [0, 0.1) is 0 Å². The number of carboxylic acids is 1. The molecule has 6 nitrogen and oxygen atoms in total. The molecule has 0 amide bonds. The zero-order valence-electron chi connectivity index (χ0n) is 14.7. The van der Waals surface area contributed by atoms with Crippen LogP contribution in [0.5, 0.6) is 5.75 Å². The number of benzene rings is 3. The van der Waals surface area contributed by atoms with Crippen molar-refractivity contribution in [2.24, 2.45) is 5.11 Å². The van der Waals surface area contributed by atoms with Gasteiger partial charge in [-0.25, -0.2) is 4.79 Å². The fraction of sp³-hybridized carbons (Fsp3) is 0.0952. The lowest BCUT2D eigenvalue weighted by Crippen LogP contribution is -2.26. The Bertz CT molecular complexity index is 896. The Hall–Kier alpha value is -3.51. The molecule has 5 N–H and O–H groups in total. The lowest BCUT2D eigenvalue weighted by molar-refractivity contribution is -0.227. The van der Waals surface area contributed by atoms with E-state index in [1.54, 1.807) is 24.3 Å². The fourth-order valence-electron chi connectivity index (χ4n) is 2.68. The summed E-state index contributed by atoms with van der Waals surface area (Å²) < 4.78 is 5.83. The van der Waals surface area contributed by atoms with Crippen molar-refractivity contribution in [3.05, 3.63) is 107 Å². The molecule has 6 heteroatoms. The standard InChI is InChI=1S/C21H18N2O3.H2N/c22-23-20(16-5-2-1-3-6-16)18-7-4-8-19(13-18)26-14-15-9-11-17(12-10-15)21(24)25;/h1-13,20,22H,14H2,(H,24,25);1H2/q;-1/p+1. The predicted molar refractivity (Wildman–Crippen MR) is 102 cm³/mol. The minimum Gasteiger partial charge on any atom is -0.693 e. The molecule has 0 aliphatic heterocycles. The van der Waals surface area contributed by atoms with Gasteiger partial charge in [0.2, 0.25) is 0 Å². The first-order valence-corrected chi connectivity index (χ1v) is 8.17. The van der Waals surface area contributed by atoms with Crippen molar-refractivity contribution in [1.29, 1.82) is 0 Å². The van der Waals surface area contributed by atoms with Crippen LogP contribution in [0.3, 0.4) is 0 Å². The van der Waals surface area contributed by atoms with E-state index in [-0.39, 0.29) is 17.8 Å². The van der Waals surface area contributed by atoms with Crippen LogP contribution >= 0.6 is 0 Å². The van der Waals surface area contributed by atoms with Gasteiger partial charge in [-0.2, -0.15) is 5.53 Å². The molecule has 1 unspecified atom stereocenters. The summed E-state index contributed by atoms with van der Waals surface area (Å²) in [5, 5.41) is 12.9. The topological polar surface area (TPSA) is 118 Å². The summed E-state index contributed by atoms with van der Waals surface area (Å²) in [6.45, 7) is 0.346. The first kappa shape index (κ1) is 19.8. The number of carbonyl (C=O) groups is 1. The second-order valence-electron chi connectivity index (χ2n) is 5.83. The molecule has 0 aromatic heterocycles. The molecule has 0 aliphatic carbocycles. The summed E-state index contributed by atoms with van der Waals surface area (Å²) in [4.78, 5) is 10.9. The van der Waals surface area contributed by atoms with Crippen LogP contribution in [0.15, 0.2) is 84.0 Å². The second kappa shape index (κ2) is 9.26. The molecule has 0 radical (unpaired) electrons. The van der Waals surface area contributed by atoms with Gasteiger partial charge >= 0.3 is 5.97 Å². The molecule has 27 heavy (non-hydrogen) atoms. The van der Waals surface area contributed by atoms with Crippen LogP contribution in [-0.4, -0.2) is 11.1 Å². The van der Waals surface area contributed by atoms with E-state index in [4.69, 9.17) is 15.4 Å². The maximum Gasteiger partial charge on any atom is 0.335 e. The van der Waals surface area contributed by atoms with Crippen molar-refractivity contribution in [2.75, 3.05) is 0 Å². The van der Waals surface area contributed by atoms with Gasteiger partial charge in [-0.05, 0) is 46.1 Å². The Balaban J connectivity index is 0.00000261. The summed E-state index contributed by atoms with van der Waals surface area (Å²) in [7, 11) is 0. The second-order valence-corrected chi connectivity index (χ2v) is 5.83. The van der Waals surface area contributed by atoms with Crippen molar-refractivity contribution in [1.82, 2.24) is 0 Å². The smallest absolute Gasteiger partial charge is 0.335 e. The number of hydrogen-bond donors (Lipinski definition) is 2. The van der Waals surface area contributed by atoms with Crippen LogP contribution in [-0.2, 0) is 6.61 Å². The van der Waals surface area contributed by atoms with Crippen LogP contribution in [0.25, 0.3) is 6.15 Å². The SMILES string of the molecule is [NH2+]=NC(c1ccccc1)c1cccc(OCc2ccc(C(=O)O)cc2)c1.[NH2-]. The minimum atomic E-state index is -0.942. The van der Waals surface area contributed by atoms with Gasteiger partial charge in [-0.15, -0.1) is 0 Å². The molecule has 0 aliphatic rings. The Morgan fingerprint density at radius 1 is 0.963 bits per heavy atom. The lowest BCUT2D eigenvalue weighted by Gasteiger charge is -2.12. The molecule has 0 spiro atoms. The molecule has 0 saturated heterocycles. The highest BCUT2D eigenvalue weighted by molar-refractivity contribution is 5.87. The zero-order chi connectivity index (χ0) is 18.4. The normalized spacial score (nSPS) is 11.1. The third-order valence-electron chi connectivity index (χ3n) is 4.04. The Morgan fingerprint density at radius 3 is 2.26 bits per heavy atom. The maximum atomic E-state index is 10.9. The number of nitrogens with zero attached hydrogens (tertiary/aromatic N) is 1. The van der Waals surface area contributed by atoms with Gasteiger partial charge in [0.1, 0.15) is 12.4 Å². The molecule has 0 saturated carbocycles. The van der Waals surface area contributed by atoms with E-state index < -0.39 is 5.97 Å². The van der Waals surface area contributed by atoms with E-state index in [0.717, 1.165) is 16.7 Å². The monoisotopic (exact) mass is 363 g/mol. The largest absolute Gasteiger partial charge is 0.693 e. The minimum absolute atomic E-state index is 0. The Morgan fingerprint density at radius 2 is 1.63 bits per heavy atom. The van der Waals surface area contributed by atoms with Crippen LogP contribution < -0.4 is 10.3 Å². The van der Waals surface area contributed by atoms with Gasteiger partial charge in [0.15, 0.2) is 6.04 Å². The molecule has 3 aromatic carbocycles. The van der Waals surface area contributed by atoms with E-state index >= 15 is 0 Å². The average molecular weight is 363 g/mol. The number of rotatable bonds is 7. The van der Waals surface area contributed by atoms with Crippen molar-refractivity contribution >= 4 is 5.97 Å². The van der Waals surface area contributed by atoms with E-state index in [0.29, 0.717) is 12.4 Å². The number of aromatic carboxylic acids is 1. The number of carboxylic acid groups (broad SMARTS) is 1. The molecular weight excluding hydrogens is 342 g/mol. The summed E-state index contributed by atoms with van der Waals surface area (Å²) in [6, 6.07) is 23.8. The van der Waals surface area contributed by atoms with Gasteiger partial charge in [0.25, 0.3) is 0 Å². The number of nitrogens with two attached hydrogens (primary N) is 2. The first-order chi connectivity index (χ1) is 12.7. The first-order valence-electron chi connectivity index (χ1n) is 8.17. The molecular formula is C21H21N3O3. The van der Waals surface area contributed by atoms with Crippen LogP contribution in [0.2, 0.25) is 0 Å². The Kier molecular flexibility index (Phi) is 6.79. The average Bonchev–Trinajstić information content (AvgIpc) is 2.68. The molecule has 0 fully saturated rings. The summed E-state index contributed by atoms with van der Waals surface area (Å²) in [6.07, 6.45) is 0. The number of hydrogen-bond acceptors (Lipinski definition) is 3. The third-order valence-corrected chi connectivity index (χ3v) is 4.04. The lowest BCUT2D eigenvalue weighted by atomic mass is 9.99.